The Bertz CT molecular complexity index is 591. The van der Waals surface area contributed by atoms with Crippen LogP contribution in [0.2, 0.25) is 0 Å². The van der Waals surface area contributed by atoms with Crippen LogP contribution >= 0.6 is 11.8 Å². The number of fused-ring (bicyclic) bond motifs is 1. The van der Waals surface area contributed by atoms with Crippen LogP contribution in [-0.2, 0) is 4.79 Å². The van der Waals surface area contributed by atoms with Crippen molar-refractivity contribution < 1.29 is 9.90 Å². The molecule has 1 amide bonds. The molecule has 1 aliphatic carbocycles. The highest BCUT2D eigenvalue weighted by atomic mass is 32.2. The van der Waals surface area contributed by atoms with Gasteiger partial charge in [0, 0.05) is 24.0 Å². The molecule has 4 atom stereocenters. The van der Waals surface area contributed by atoms with E-state index < -0.39 is 0 Å². The highest BCUT2D eigenvalue weighted by Gasteiger charge is 2.44. The van der Waals surface area contributed by atoms with Gasteiger partial charge in [-0.05, 0) is 62.7 Å². The van der Waals surface area contributed by atoms with Crippen LogP contribution in [0.5, 0.6) is 0 Å². The Morgan fingerprint density at radius 3 is 2.48 bits per heavy atom. The van der Waals surface area contributed by atoms with Gasteiger partial charge in [0.2, 0.25) is 5.91 Å². The highest BCUT2D eigenvalue weighted by molar-refractivity contribution is 8.00. The molecule has 4 rings (SSSR count). The lowest BCUT2D eigenvalue weighted by Crippen LogP contribution is -2.48. The number of likely N-dealkylation sites (tertiary alicyclic amines) is 2. The second-order valence-electron chi connectivity index (χ2n) is 7.77. The van der Waals surface area contributed by atoms with Crippen LogP contribution in [0.25, 0.3) is 0 Å². The summed E-state index contributed by atoms with van der Waals surface area (Å²) in [6.07, 6.45) is 4.23. The highest BCUT2D eigenvalue weighted by Crippen LogP contribution is 2.39. The van der Waals surface area contributed by atoms with Crippen molar-refractivity contribution in [2.75, 3.05) is 31.9 Å². The summed E-state index contributed by atoms with van der Waals surface area (Å²) in [5.41, 5.74) is 0. The third kappa shape index (κ3) is 3.88. The lowest BCUT2D eigenvalue weighted by atomic mass is 9.77. The second-order valence-corrected chi connectivity index (χ2v) is 8.82. The maximum Gasteiger partial charge on any atom is 0.232 e. The molecule has 25 heavy (non-hydrogen) atoms. The molecule has 0 unspecified atom stereocenters. The number of benzene rings is 1. The van der Waals surface area contributed by atoms with E-state index in [1.54, 1.807) is 11.8 Å². The van der Waals surface area contributed by atoms with E-state index in [0.29, 0.717) is 23.6 Å². The van der Waals surface area contributed by atoms with Crippen LogP contribution < -0.4 is 0 Å². The van der Waals surface area contributed by atoms with E-state index in [2.05, 4.69) is 17.0 Å². The van der Waals surface area contributed by atoms with Gasteiger partial charge >= 0.3 is 0 Å². The fourth-order valence-corrected chi connectivity index (χ4v) is 5.65. The molecule has 3 aliphatic rings. The normalized spacial score (nSPS) is 32.8. The Kier molecular flexibility index (Phi) is 5.34. The Hall–Kier alpha value is -1.04. The van der Waals surface area contributed by atoms with Crippen LogP contribution in [0.15, 0.2) is 35.2 Å². The number of aliphatic hydroxyl groups is 1. The molecule has 0 radical (unpaired) electrons. The average Bonchev–Trinajstić information content (AvgIpc) is 3.29. The molecule has 1 N–H and O–H groups in total. The molecule has 0 aromatic heterocycles. The smallest absolute Gasteiger partial charge is 0.232 e. The molecule has 2 saturated heterocycles. The van der Waals surface area contributed by atoms with Crippen molar-refractivity contribution >= 4 is 17.7 Å². The van der Waals surface area contributed by atoms with Crippen molar-refractivity contribution in [3.63, 3.8) is 0 Å². The van der Waals surface area contributed by atoms with Crippen molar-refractivity contribution in [3.05, 3.63) is 30.3 Å². The number of carbonyl (C=O) groups excluding carboxylic acids is 1. The average molecular weight is 361 g/mol. The first kappa shape index (κ1) is 17.4. The van der Waals surface area contributed by atoms with Gasteiger partial charge in [0.05, 0.1) is 11.9 Å². The third-order valence-corrected chi connectivity index (χ3v) is 7.17. The molecule has 3 fully saturated rings. The lowest BCUT2D eigenvalue weighted by Gasteiger charge is -2.40. The van der Waals surface area contributed by atoms with E-state index in [4.69, 9.17) is 0 Å². The van der Waals surface area contributed by atoms with E-state index in [1.165, 1.54) is 12.8 Å². The number of amides is 1. The van der Waals surface area contributed by atoms with Crippen LogP contribution in [-0.4, -0.2) is 64.9 Å². The van der Waals surface area contributed by atoms with Crippen molar-refractivity contribution in [2.24, 2.45) is 11.8 Å². The minimum atomic E-state index is -0.215. The zero-order valence-electron chi connectivity index (χ0n) is 14.7. The lowest BCUT2D eigenvalue weighted by molar-refractivity contribution is -0.127. The summed E-state index contributed by atoms with van der Waals surface area (Å²) in [6.45, 7) is 3.99. The predicted molar refractivity (Wildman–Crippen MR) is 101 cm³/mol. The molecule has 0 bridgehead atoms. The van der Waals surface area contributed by atoms with Gasteiger partial charge in [0.15, 0.2) is 0 Å². The van der Waals surface area contributed by atoms with Crippen molar-refractivity contribution in [3.8, 4) is 0 Å². The first-order chi connectivity index (χ1) is 12.2. The predicted octanol–water partition coefficient (Wildman–Crippen LogP) is 2.47. The Balaban J connectivity index is 1.32. The van der Waals surface area contributed by atoms with Gasteiger partial charge in [-0.2, -0.15) is 0 Å². The van der Waals surface area contributed by atoms with Gasteiger partial charge in [-0.25, -0.2) is 0 Å². The topological polar surface area (TPSA) is 43.8 Å². The minimum absolute atomic E-state index is 0.215. The minimum Gasteiger partial charge on any atom is -0.391 e. The summed E-state index contributed by atoms with van der Waals surface area (Å²) in [6, 6.07) is 10.4. The number of hydrogen-bond donors (Lipinski definition) is 1. The molecule has 4 nitrogen and oxygen atoms in total. The summed E-state index contributed by atoms with van der Waals surface area (Å²) < 4.78 is 0. The maximum absolute atomic E-state index is 12.6. The summed E-state index contributed by atoms with van der Waals surface area (Å²) in [7, 11) is 0. The van der Waals surface area contributed by atoms with Crippen LogP contribution in [0.1, 0.15) is 25.7 Å². The largest absolute Gasteiger partial charge is 0.391 e. The van der Waals surface area contributed by atoms with Crippen LogP contribution in [0.3, 0.4) is 0 Å². The molecule has 1 aromatic rings. The van der Waals surface area contributed by atoms with Gasteiger partial charge < -0.3 is 10.0 Å². The van der Waals surface area contributed by atoms with Gasteiger partial charge in [-0.15, -0.1) is 11.8 Å². The Morgan fingerprint density at radius 1 is 1.08 bits per heavy atom. The number of rotatable bonds is 4. The SMILES string of the molecule is O=C(CSc1ccccc1)N1C[C@H]2C[C@@H](N3CCCC3)[C@H](O)C[C@H]2C1. The maximum atomic E-state index is 12.6. The van der Waals surface area contributed by atoms with Crippen molar-refractivity contribution in [2.45, 2.75) is 42.7 Å². The summed E-state index contributed by atoms with van der Waals surface area (Å²) in [4.78, 5) is 18.3. The standard InChI is InChI=1S/C20H28N2O2S/c23-19-11-16-13-22(20(24)14-25-17-6-2-1-3-7-17)12-15(16)10-18(19)21-8-4-5-9-21/h1-3,6-7,15-16,18-19,23H,4-5,8-14H2/t15-,16+,18-,19-/m1/s1. The van der Waals surface area contributed by atoms with Gasteiger partial charge in [-0.1, -0.05) is 18.2 Å². The number of aliphatic hydroxyl groups excluding tert-OH is 1. The molecule has 136 valence electrons. The summed E-state index contributed by atoms with van der Waals surface area (Å²) >= 11 is 1.62. The fraction of sp³-hybridized carbons (Fsp3) is 0.650. The van der Waals surface area contributed by atoms with Crippen molar-refractivity contribution in [1.82, 2.24) is 9.80 Å². The Morgan fingerprint density at radius 2 is 1.76 bits per heavy atom. The van der Waals surface area contributed by atoms with Crippen molar-refractivity contribution in [1.29, 1.82) is 0 Å². The fourth-order valence-electron chi connectivity index (χ4n) is 4.83. The third-order valence-electron chi connectivity index (χ3n) is 6.18. The van der Waals surface area contributed by atoms with Gasteiger partial charge in [0.25, 0.3) is 0 Å². The number of carbonyl (C=O) groups is 1. The van der Waals surface area contributed by atoms with E-state index in [0.717, 1.165) is 43.9 Å². The Labute approximate surface area is 154 Å². The quantitative estimate of drug-likeness (QED) is 0.838. The molecule has 1 saturated carbocycles. The molecule has 2 heterocycles. The second kappa shape index (κ2) is 7.68. The zero-order valence-corrected chi connectivity index (χ0v) is 15.5. The first-order valence-corrected chi connectivity index (χ1v) is 10.6. The number of thioether (sulfide) groups is 1. The number of hydrogen-bond acceptors (Lipinski definition) is 4. The molecular weight excluding hydrogens is 332 g/mol. The molecule has 0 spiro atoms. The van der Waals surface area contributed by atoms with Gasteiger partial charge in [0.1, 0.15) is 0 Å². The molecule has 1 aromatic carbocycles. The van der Waals surface area contributed by atoms with Gasteiger partial charge in [-0.3, -0.25) is 9.69 Å². The first-order valence-electron chi connectivity index (χ1n) is 9.58. The summed E-state index contributed by atoms with van der Waals surface area (Å²) in [5, 5.41) is 10.6. The van der Waals surface area contributed by atoms with E-state index in [9.17, 15) is 9.90 Å². The van der Waals surface area contributed by atoms with Crippen LogP contribution in [0.4, 0.5) is 0 Å². The number of nitrogens with zero attached hydrogens (tertiary/aromatic N) is 2. The summed E-state index contributed by atoms with van der Waals surface area (Å²) in [5.74, 6) is 1.82. The zero-order chi connectivity index (χ0) is 17.2. The molecular formula is C20H28N2O2S. The van der Waals surface area contributed by atoms with Crippen LogP contribution in [0, 0.1) is 11.8 Å². The molecule has 2 aliphatic heterocycles. The molecule has 5 heteroatoms. The van der Waals surface area contributed by atoms with E-state index in [1.807, 2.05) is 23.1 Å². The van der Waals surface area contributed by atoms with E-state index >= 15 is 0 Å². The van der Waals surface area contributed by atoms with E-state index in [-0.39, 0.29) is 12.0 Å². The monoisotopic (exact) mass is 360 g/mol.